The van der Waals surface area contributed by atoms with Gasteiger partial charge < -0.3 is 15.1 Å². The van der Waals surface area contributed by atoms with Crippen molar-refractivity contribution in [3.05, 3.63) is 17.8 Å². The molecule has 1 unspecified atom stereocenters. The van der Waals surface area contributed by atoms with Crippen LogP contribution >= 0.6 is 11.8 Å². The standard InChI is InChI=1S/C19H28F3N5S/c1-14-24-18(11-26(14)2)28-12-15-9-16(27-7-5-3-4-6-8-27)10-17(25-15)23-13-19(20,21)22/h9-10,18H,3-8,11-13H2,1-2H3,(H,23,25). The summed E-state index contributed by atoms with van der Waals surface area (Å²) in [6, 6.07) is 3.77. The third-order valence-corrected chi connectivity index (χ3v) is 6.14. The van der Waals surface area contributed by atoms with Crippen LogP contribution in [-0.4, -0.2) is 60.5 Å². The number of nitrogens with one attached hydrogen (secondary N) is 1. The van der Waals surface area contributed by atoms with E-state index in [1.54, 1.807) is 17.8 Å². The molecule has 28 heavy (non-hydrogen) atoms. The lowest BCUT2D eigenvalue weighted by Gasteiger charge is -2.24. The Bertz CT molecular complexity index is 687. The molecular formula is C19H28F3N5S. The van der Waals surface area contributed by atoms with Gasteiger partial charge in [-0.25, -0.2) is 4.98 Å². The molecule has 0 aliphatic carbocycles. The van der Waals surface area contributed by atoms with Gasteiger partial charge in [0.1, 0.15) is 17.7 Å². The van der Waals surface area contributed by atoms with Crippen molar-refractivity contribution in [3.63, 3.8) is 0 Å². The highest BCUT2D eigenvalue weighted by Crippen LogP contribution is 2.28. The Balaban J connectivity index is 1.74. The normalized spacial score (nSPS) is 20.9. The van der Waals surface area contributed by atoms with E-state index in [4.69, 9.17) is 0 Å². The van der Waals surface area contributed by atoms with Gasteiger partial charge in [0, 0.05) is 37.6 Å². The number of halogens is 3. The second kappa shape index (κ2) is 9.24. The SMILES string of the molecule is CC1=NC(SCc2cc(N3CCCCCC3)cc(NCC(F)(F)F)n2)CN1C. The Morgan fingerprint density at radius 2 is 1.89 bits per heavy atom. The van der Waals surface area contributed by atoms with Gasteiger partial charge in [-0.05, 0) is 25.8 Å². The van der Waals surface area contributed by atoms with Crippen LogP contribution in [0.4, 0.5) is 24.7 Å². The van der Waals surface area contributed by atoms with Crippen molar-refractivity contribution in [2.24, 2.45) is 4.99 Å². The van der Waals surface area contributed by atoms with Crippen LogP contribution in [0.2, 0.25) is 0 Å². The van der Waals surface area contributed by atoms with Gasteiger partial charge in [-0.2, -0.15) is 13.2 Å². The number of likely N-dealkylation sites (N-methyl/N-ethyl adjacent to an activating group) is 1. The monoisotopic (exact) mass is 415 g/mol. The summed E-state index contributed by atoms with van der Waals surface area (Å²) in [4.78, 5) is 13.4. The number of rotatable bonds is 6. The van der Waals surface area contributed by atoms with E-state index in [-0.39, 0.29) is 11.2 Å². The molecule has 3 heterocycles. The third-order valence-electron chi connectivity index (χ3n) is 5.04. The molecule has 2 aliphatic heterocycles. The minimum atomic E-state index is -4.27. The molecule has 1 N–H and O–H groups in total. The molecule has 5 nitrogen and oxygen atoms in total. The van der Waals surface area contributed by atoms with Crippen LogP contribution in [0.3, 0.4) is 0 Å². The maximum atomic E-state index is 12.7. The van der Waals surface area contributed by atoms with Crippen LogP contribution in [0.5, 0.6) is 0 Å². The molecule has 0 bridgehead atoms. The number of aromatic nitrogens is 1. The predicted octanol–water partition coefficient (Wildman–Crippen LogP) is 4.36. The number of aliphatic imine (C=N–C) groups is 1. The lowest BCUT2D eigenvalue weighted by Crippen LogP contribution is -2.25. The van der Waals surface area contributed by atoms with Crippen LogP contribution in [0.1, 0.15) is 38.3 Å². The second-order valence-corrected chi connectivity index (χ2v) is 8.56. The number of nitrogens with zero attached hydrogens (tertiary/aromatic N) is 4. The first-order chi connectivity index (χ1) is 13.3. The van der Waals surface area contributed by atoms with Crippen LogP contribution in [-0.2, 0) is 5.75 Å². The summed E-state index contributed by atoms with van der Waals surface area (Å²) >= 11 is 1.68. The van der Waals surface area contributed by atoms with E-state index in [0.29, 0.717) is 5.75 Å². The summed E-state index contributed by atoms with van der Waals surface area (Å²) in [5, 5.41) is 2.59. The first-order valence-electron chi connectivity index (χ1n) is 9.74. The molecule has 0 radical (unpaired) electrons. The van der Waals surface area contributed by atoms with Gasteiger partial charge in [-0.3, -0.25) is 4.99 Å². The summed E-state index contributed by atoms with van der Waals surface area (Å²) < 4.78 is 38.0. The number of hydrogen-bond donors (Lipinski definition) is 1. The van der Waals surface area contributed by atoms with Crippen molar-refractivity contribution in [3.8, 4) is 0 Å². The van der Waals surface area contributed by atoms with Gasteiger partial charge in [-0.15, -0.1) is 11.8 Å². The minimum Gasteiger partial charge on any atom is -0.371 e. The van der Waals surface area contributed by atoms with Gasteiger partial charge in [0.25, 0.3) is 0 Å². The molecule has 1 atom stereocenters. The van der Waals surface area contributed by atoms with Crippen LogP contribution < -0.4 is 10.2 Å². The zero-order valence-corrected chi connectivity index (χ0v) is 17.2. The molecule has 0 spiro atoms. The first kappa shape index (κ1) is 21.1. The van der Waals surface area contributed by atoms with Gasteiger partial charge >= 0.3 is 6.18 Å². The van der Waals surface area contributed by atoms with Crippen molar-refractivity contribution < 1.29 is 13.2 Å². The fraction of sp³-hybridized carbons (Fsp3) is 0.684. The van der Waals surface area contributed by atoms with Crippen LogP contribution in [0.15, 0.2) is 17.1 Å². The minimum absolute atomic E-state index is 0.139. The van der Waals surface area contributed by atoms with E-state index in [2.05, 4.69) is 25.1 Å². The number of pyridine rings is 1. The Morgan fingerprint density at radius 3 is 2.50 bits per heavy atom. The Morgan fingerprint density at radius 1 is 1.18 bits per heavy atom. The quantitative estimate of drug-likeness (QED) is 0.748. The average Bonchev–Trinajstić information content (AvgIpc) is 2.84. The largest absolute Gasteiger partial charge is 0.405 e. The van der Waals surface area contributed by atoms with E-state index >= 15 is 0 Å². The summed E-state index contributed by atoms with van der Waals surface area (Å²) in [5.74, 6) is 1.92. The van der Waals surface area contributed by atoms with E-state index in [1.165, 1.54) is 12.8 Å². The highest BCUT2D eigenvalue weighted by atomic mass is 32.2. The topological polar surface area (TPSA) is 43.8 Å². The van der Waals surface area contributed by atoms with Crippen molar-refractivity contribution in [1.82, 2.24) is 9.88 Å². The molecule has 9 heteroatoms. The van der Waals surface area contributed by atoms with Crippen LogP contribution in [0.25, 0.3) is 0 Å². The molecule has 1 aromatic heterocycles. The second-order valence-electron chi connectivity index (χ2n) is 7.39. The van der Waals surface area contributed by atoms with Crippen LogP contribution in [0, 0.1) is 0 Å². The molecule has 3 rings (SSSR count). The predicted molar refractivity (Wildman–Crippen MR) is 110 cm³/mol. The number of alkyl halides is 3. The number of hydrogen-bond acceptors (Lipinski definition) is 6. The molecule has 1 aromatic rings. The Kier molecular flexibility index (Phi) is 6.95. The lowest BCUT2D eigenvalue weighted by molar-refractivity contribution is -0.115. The van der Waals surface area contributed by atoms with E-state index < -0.39 is 12.7 Å². The maximum absolute atomic E-state index is 12.7. The summed E-state index contributed by atoms with van der Waals surface area (Å²) in [7, 11) is 2.01. The number of thioether (sulfide) groups is 1. The zero-order valence-electron chi connectivity index (χ0n) is 16.4. The van der Waals surface area contributed by atoms with E-state index in [1.807, 2.05) is 20.0 Å². The fourth-order valence-corrected chi connectivity index (χ4v) is 4.49. The fourth-order valence-electron chi connectivity index (χ4n) is 3.42. The lowest BCUT2D eigenvalue weighted by atomic mass is 10.2. The highest BCUT2D eigenvalue weighted by molar-refractivity contribution is 7.99. The summed E-state index contributed by atoms with van der Waals surface area (Å²) in [6.45, 7) is 3.63. The summed E-state index contributed by atoms with van der Waals surface area (Å²) in [6.07, 6.45) is 0.363. The van der Waals surface area contributed by atoms with E-state index in [0.717, 1.165) is 49.7 Å². The van der Waals surface area contributed by atoms with Crippen molar-refractivity contribution in [2.75, 3.05) is 43.4 Å². The third kappa shape index (κ3) is 6.18. The van der Waals surface area contributed by atoms with Gasteiger partial charge in [0.2, 0.25) is 0 Å². The molecule has 156 valence electrons. The highest BCUT2D eigenvalue weighted by Gasteiger charge is 2.27. The maximum Gasteiger partial charge on any atom is 0.405 e. The Hall–Kier alpha value is -1.64. The molecule has 1 fully saturated rings. The molecule has 2 aliphatic rings. The molecular weight excluding hydrogens is 387 g/mol. The van der Waals surface area contributed by atoms with Gasteiger partial charge in [0.05, 0.1) is 18.1 Å². The first-order valence-corrected chi connectivity index (χ1v) is 10.8. The number of anilines is 2. The molecule has 0 aromatic carbocycles. The zero-order chi connectivity index (χ0) is 20.1. The average molecular weight is 416 g/mol. The van der Waals surface area contributed by atoms with E-state index in [9.17, 15) is 13.2 Å². The van der Waals surface area contributed by atoms with Crippen molar-refractivity contribution in [1.29, 1.82) is 0 Å². The van der Waals surface area contributed by atoms with Crippen molar-refractivity contribution >= 4 is 29.1 Å². The van der Waals surface area contributed by atoms with Gasteiger partial charge in [0.15, 0.2) is 0 Å². The van der Waals surface area contributed by atoms with Gasteiger partial charge in [-0.1, -0.05) is 12.8 Å². The Labute approximate surface area is 168 Å². The number of amidine groups is 1. The molecule has 0 saturated carbocycles. The molecule has 1 saturated heterocycles. The smallest absolute Gasteiger partial charge is 0.371 e. The summed E-state index contributed by atoms with van der Waals surface area (Å²) in [5.41, 5.74) is 1.75. The van der Waals surface area contributed by atoms with Crippen molar-refractivity contribution in [2.45, 2.75) is 49.9 Å². The molecule has 0 amide bonds.